The fourth-order valence-electron chi connectivity index (χ4n) is 1.22. The molecule has 0 unspecified atom stereocenters. The molecule has 2 N–H and O–H groups in total. The third-order valence-electron chi connectivity index (χ3n) is 2.06. The van der Waals surface area contributed by atoms with E-state index in [0.29, 0.717) is 10.6 Å². The largest absolute Gasteiger partial charge is 0.342 e. The summed E-state index contributed by atoms with van der Waals surface area (Å²) >= 11 is 6.64. The molecule has 0 bridgehead atoms. The molecule has 0 atom stereocenters. The van der Waals surface area contributed by atoms with E-state index in [-0.39, 0.29) is 10.8 Å². The first-order chi connectivity index (χ1) is 8.56. The number of halogens is 2. The predicted octanol–water partition coefficient (Wildman–Crippen LogP) is 1.54. The molecule has 94 valence electrons. The Balaban J connectivity index is 2.16. The first-order valence-electron chi connectivity index (χ1n) is 4.82. The van der Waals surface area contributed by atoms with Crippen molar-refractivity contribution in [1.29, 1.82) is 0 Å². The summed E-state index contributed by atoms with van der Waals surface area (Å²) in [6.45, 7) is 0. The Morgan fingerprint density at radius 1 is 1.39 bits per heavy atom. The van der Waals surface area contributed by atoms with Crippen molar-refractivity contribution in [3.8, 4) is 0 Å². The molecule has 0 aliphatic carbocycles. The normalized spacial score (nSPS) is 10.6. The lowest BCUT2D eigenvalue weighted by atomic mass is 10.2. The Morgan fingerprint density at radius 2 is 2.17 bits per heavy atom. The zero-order chi connectivity index (χ0) is 13.1. The lowest BCUT2D eigenvalue weighted by Gasteiger charge is -2.02. The maximum Gasteiger partial charge on any atom is 0.342 e. The maximum atomic E-state index is 13.5. The van der Waals surface area contributed by atoms with Crippen molar-refractivity contribution in [3.05, 3.63) is 55.4 Å². The van der Waals surface area contributed by atoms with Gasteiger partial charge in [0.05, 0.1) is 0 Å². The number of rotatable bonds is 3. The second-order valence-corrected chi connectivity index (χ2v) is 4.74. The van der Waals surface area contributed by atoms with E-state index in [2.05, 4.69) is 10.2 Å². The highest BCUT2D eigenvalue weighted by Crippen LogP contribution is 2.21. The Bertz CT molecular complexity index is 685. The Labute approximate surface area is 109 Å². The molecule has 0 amide bonds. The van der Waals surface area contributed by atoms with Crippen LogP contribution in [-0.4, -0.2) is 15.2 Å². The van der Waals surface area contributed by atoms with Crippen LogP contribution in [0.5, 0.6) is 0 Å². The Kier molecular flexibility index (Phi) is 3.83. The number of thioether (sulfide) groups is 1. The number of nitrogens with one attached hydrogen (secondary N) is 2. The van der Waals surface area contributed by atoms with E-state index in [4.69, 9.17) is 11.6 Å². The number of hydrogen-bond donors (Lipinski definition) is 2. The summed E-state index contributed by atoms with van der Waals surface area (Å²) in [5, 5.41) is 6.06. The van der Waals surface area contributed by atoms with Crippen LogP contribution in [0.1, 0.15) is 5.56 Å². The summed E-state index contributed by atoms with van der Waals surface area (Å²) in [5.74, 6) is -0.235. The van der Waals surface area contributed by atoms with E-state index in [1.807, 2.05) is 4.98 Å². The van der Waals surface area contributed by atoms with Gasteiger partial charge in [-0.05, 0) is 17.7 Å². The molecule has 0 aliphatic heterocycles. The van der Waals surface area contributed by atoms with Gasteiger partial charge in [-0.3, -0.25) is 9.78 Å². The minimum Gasteiger partial charge on any atom is -0.271 e. The van der Waals surface area contributed by atoms with E-state index in [9.17, 15) is 14.0 Å². The smallest absolute Gasteiger partial charge is 0.271 e. The minimum atomic E-state index is -0.679. The van der Waals surface area contributed by atoms with Crippen LogP contribution in [0.15, 0.2) is 32.8 Å². The highest BCUT2D eigenvalue weighted by Gasteiger charge is 2.07. The van der Waals surface area contributed by atoms with Gasteiger partial charge in [-0.2, -0.15) is 5.10 Å². The molecule has 18 heavy (non-hydrogen) atoms. The van der Waals surface area contributed by atoms with Crippen molar-refractivity contribution in [2.75, 3.05) is 0 Å². The van der Waals surface area contributed by atoms with Gasteiger partial charge in [-0.25, -0.2) is 14.3 Å². The molecule has 0 aliphatic rings. The quantitative estimate of drug-likeness (QED) is 0.840. The number of nitrogens with zero attached hydrogens (tertiary/aromatic N) is 1. The van der Waals surface area contributed by atoms with Crippen LogP contribution in [0.25, 0.3) is 0 Å². The van der Waals surface area contributed by atoms with Crippen molar-refractivity contribution in [2.24, 2.45) is 0 Å². The summed E-state index contributed by atoms with van der Waals surface area (Å²) < 4.78 is 13.5. The van der Waals surface area contributed by atoms with Crippen molar-refractivity contribution in [1.82, 2.24) is 15.2 Å². The zero-order valence-corrected chi connectivity index (χ0v) is 10.4. The van der Waals surface area contributed by atoms with Crippen LogP contribution in [0.4, 0.5) is 4.39 Å². The summed E-state index contributed by atoms with van der Waals surface area (Å²) in [6, 6.07) is 4.29. The molecule has 0 saturated carbocycles. The summed E-state index contributed by atoms with van der Waals surface area (Å²) in [6.07, 6.45) is 0. The fourth-order valence-corrected chi connectivity index (χ4v) is 2.20. The van der Waals surface area contributed by atoms with E-state index in [1.165, 1.54) is 12.1 Å². The molecule has 2 rings (SSSR count). The molecule has 1 aromatic carbocycles. The van der Waals surface area contributed by atoms with Crippen molar-refractivity contribution in [2.45, 2.75) is 10.8 Å². The molecule has 1 heterocycles. The van der Waals surface area contributed by atoms with Gasteiger partial charge < -0.3 is 0 Å². The molecule has 5 nitrogen and oxygen atoms in total. The SMILES string of the molecule is O=c1[nH]nc(SCc2ccc(Cl)cc2F)c(=O)[nH]1. The monoisotopic (exact) mass is 287 g/mol. The molecule has 0 saturated heterocycles. The lowest BCUT2D eigenvalue weighted by Crippen LogP contribution is -2.25. The van der Waals surface area contributed by atoms with Crippen LogP contribution in [-0.2, 0) is 5.75 Å². The first kappa shape index (κ1) is 12.8. The van der Waals surface area contributed by atoms with Crippen molar-refractivity contribution < 1.29 is 4.39 Å². The molecule has 0 radical (unpaired) electrons. The van der Waals surface area contributed by atoms with Crippen LogP contribution in [0.2, 0.25) is 5.02 Å². The van der Waals surface area contributed by atoms with Gasteiger partial charge >= 0.3 is 5.69 Å². The van der Waals surface area contributed by atoms with Gasteiger partial charge in [0.15, 0.2) is 5.03 Å². The first-order valence-corrected chi connectivity index (χ1v) is 6.18. The van der Waals surface area contributed by atoms with Gasteiger partial charge in [-0.1, -0.05) is 29.4 Å². The summed E-state index contributed by atoms with van der Waals surface area (Å²) in [4.78, 5) is 24.1. The molecule has 1 aromatic heterocycles. The van der Waals surface area contributed by atoms with E-state index in [1.54, 1.807) is 6.07 Å². The molecule has 8 heteroatoms. The third kappa shape index (κ3) is 2.99. The highest BCUT2D eigenvalue weighted by molar-refractivity contribution is 7.98. The number of H-pyrrole nitrogens is 2. The van der Waals surface area contributed by atoms with Gasteiger partial charge in [0.25, 0.3) is 5.56 Å². The molecular formula is C10H7ClFN3O2S. The van der Waals surface area contributed by atoms with Crippen LogP contribution < -0.4 is 11.2 Å². The number of aromatic amines is 2. The van der Waals surface area contributed by atoms with E-state index < -0.39 is 17.1 Å². The molecule has 0 spiro atoms. The third-order valence-corrected chi connectivity index (χ3v) is 3.30. The summed E-state index contributed by atoms with van der Waals surface area (Å²) in [5.41, 5.74) is -0.878. The van der Waals surface area contributed by atoms with Gasteiger partial charge in [0.1, 0.15) is 5.82 Å². The minimum absolute atomic E-state index is 0.0731. The predicted molar refractivity (Wildman–Crippen MR) is 66.4 cm³/mol. The maximum absolute atomic E-state index is 13.5. The Hall–Kier alpha value is -1.60. The van der Waals surface area contributed by atoms with E-state index in [0.717, 1.165) is 11.8 Å². The van der Waals surface area contributed by atoms with Gasteiger partial charge in [-0.15, -0.1) is 0 Å². The second kappa shape index (κ2) is 5.36. The van der Waals surface area contributed by atoms with Crippen LogP contribution in [0.3, 0.4) is 0 Å². The second-order valence-electron chi connectivity index (χ2n) is 3.34. The molecular weight excluding hydrogens is 281 g/mol. The summed E-state index contributed by atoms with van der Waals surface area (Å²) in [7, 11) is 0. The topological polar surface area (TPSA) is 78.6 Å². The van der Waals surface area contributed by atoms with Crippen LogP contribution >= 0.6 is 23.4 Å². The standard InChI is InChI=1S/C10H7ClFN3O2S/c11-6-2-1-5(7(12)3-6)4-18-9-8(16)13-10(17)15-14-9/h1-3H,4H2,(H2,13,15,16,17). The van der Waals surface area contributed by atoms with Gasteiger partial charge in [0.2, 0.25) is 0 Å². The lowest BCUT2D eigenvalue weighted by molar-refractivity contribution is 0.617. The number of aromatic nitrogens is 3. The van der Waals surface area contributed by atoms with E-state index >= 15 is 0 Å². The molecule has 2 aromatic rings. The molecule has 0 fully saturated rings. The zero-order valence-electron chi connectivity index (χ0n) is 8.87. The fraction of sp³-hybridized carbons (Fsp3) is 0.100. The highest BCUT2D eigenvalue weighted by atomic mass is 35.5. The number of hydrogen-bond acceptors (Lipinski definition) is 4. The van der Waals surface area contributed by atoms with Gasteiger partial charge in [0, 0.05) is 10.8 Å². The van der Waals surface area contributed by atoms with Crippen molar-refractivity contribution in [3.63, 3.8) is 0 Å². The average molecular weight is 288 g/mol. The number of benzene rings is 1. The Morgan fingerprint density at radius 3 is 2.83 bits per heavy atom. The average Bonchev–Trinajstić information content (AvgIpc) is 2.30. The van der Waals surface area contributed by atoms with Crippen molar-refractivity contribution >= 4 is 23.4 Å². The van der Waals surface area contributed by atoms with Crippen LogP contribution in [0, 0.1) is 5.82 Å².